The van der Waals surface area contributed by atoms with Crippen LogP contribution in [0.5, 0.6) is 0 Å². The van der Waals surface area contributed by atoms with Gasteiger partial charge in [-0.2, -0.15) is 0 Å². The SMILES string of the molecule is COC(=O)c1ccc(Cn2c(C)c(C)c3c2CC(C)(C)CC3=O)cc1. The third-order valence-electron chi connectivity index (χ3n) is 5.22. The molecule has 0 amide bonds. The Balaban J connectivity index is 1.98. The standard InChI is InChI=1S/C21H25NO3/c1-13-14(2)22(17-10-21(3,4)11-18(23)19(13)17)12-15-6-8-16(9-7-15)20(24)25-5/h6-9H,10-12H2,1-5H3. The molecule has 1 aromatic heterocycles. The zero-order valence-corrected chi connectivity index (χ0v) is 15.6. The van der Waals surface area contributed by atoms with Crippen LogP contribution in [-0.2, 0) is 17.7 Å². The quantitative estimate of drug-likeness (QED) is 0.791. The fourth-order valence-corrected chi connectivity index (χ4v) is 3.79. The van der Waals surface area contributed by atoms with Crippen LogP contribution >= 0.6 is 0 Å². The zero-order chi connectivity index (χ0) is 18.4. The van der Waals surface area contributed by atoms with Gasteiger partial charge in [-0.3, -0.25) is 4.79 Å². The summed E-state index contributed by atoms with van der Waals surface area (Å²) in [6.07, 6.45) is 1.51. The maximum atomic E-state index is 12.6. The van der Waals surface area contributed by atoms with Crippen LogP contribution in [0.4, 0.5) is 0 Å². The summed E-state index contributed by atoms with van der Waals surface area (Å²) in [6.45, 7) is 9.13. The largest absolute Gasteiger partial charge is 0.465 e. The third-order valence-corrected chi connectivity index (χ3v) is 5.22. The van der Waals surface area contributed by atoms with Gasteiger partial charge in [0.1, 0.15) is 0 Å². The number of carbonyl (C=O) groups is 2. The van der Waals surface area contributed by atoms with E-state index in [1.165, 1.54) is 7.11 Å². The van der Waals surface area contributed by atoms with Crippen molar-refractivity contribution in [3.8, 4) is 0 Å². The molecule has 0 bridgehead atoms. The molecule has 3 rings (SSSR count). The number of fused-ring (bicyclic) bond motifs is 1. The number of rotatable bonds is 3. The molecule has 0 N–H and O–H groups in total. The maximum Gasteiger partial charge on any atom is 0.337 e. The van der Waals surface area contributed by atoms with Crippen LogP contribution in [0.25, 0.3) is 0 Å². The van der Waals surface area contributed by atoms with Gasteiger partial charge in [0, 0.05) is 29.9 Å². The number of nitrogens with zero attached hydrogens (tertiary/aromatic N) is 1. The number of esters is 1. The normalized spacial score (nSPS) is 15.8. The average Bonchev–Trinajstić information content (AvgIpc) is 2.78. The lowest BCUT2D eigenvalue weighted by Gasteiger charge is -2.30. The molecule has 2 aromatic rings. The van der Waals surface area contributed by atoms with E-state index in [1.54, 1.807) is 12.1 Å². The molecule has 0 saturated heterocycles. The number of hydrogen-bond acceptors (Lipinski definition) is 3. The number of benzene rings is 1. The highest BCUT2D eigenvalue weighted by Crippen LogP contribution is 2.38. The van der Waals surface area contributed by atoms with Crippen LogP contribution in [0.2, 0.25) is 0 Å². The van der Waals surface area contributed by atoms with E-state index in [4.69, 9.17) is 4.74 Å². The first-order chi connectivity index (χ1) is 11.7. The molecule has 0 saturated carbocycles. The Morgan fingerprint density at radius 2 is 1.80 bits per heavy atom. The summed E-state index contributed by atoms with van der Waals surface area (Å²) in [4.78, 5) is 24.2. The Bertz CT molecular complexity index is 841. The first-order valence-electron chi connectivity index (χ1n) is 8.62. The first-order valence-corrected chi connectivity index (χ1v) is 8.62. The van der Waals surface area contributed by atoms with Crippen molar-refractivity contribution >= 4 is 11.8 Å². The van der Waals surface area contributed by atoms with Crippen molar-refractivity contribution in [3.63, 3.8) is 0 Å². The lowest BCUT2D eigenvalue weighted by molar-refractivity contribution is 0.0600. The van der Waals surface area contributed by atoms with Gasteiger partial charge in [-0.05, 0) is 48.9 Å². The summed E-state index contributed by atoms with van der Waals surface area (Å²) in [5, 5.41) is 0. The van der Waals surface area contributed by atoms with Crippen molar-refractivity contribution < 1.29 is 14.3 Å². The van der Waals surface area contributed by atoms with Gasteiger partial charge in [-0.15, -0.1) is 0 Å². The summed E-state index contributed by atoms with van der Waals surface area (Å²) >= 11 is 0. The van der Waals surface area contributed by atoms with E-state index in [-0.39, 0.29) is 17.2 Å². The van der Waals surface area contributed by atoms with Crippen LogP contribution in [0.3, 0.4) is 0 Å². The molecule has 1 aliphatic carbocycles. The van der Waals surface area contributed by atoms with E-state index < -0.39 is 0 Å². The number of aromatic nitrogens is 1. The molecule has 0 spiro atoms. The van der Waals surface area contributed by atoms with Crippen LogP contribution in [0.1, 0.15) is 63.5 Å². The minimum atomic E-state index is -0.329. The van der Waals surface area contributed by atoms with E-state index in [9.17, 15) is 9.59 Å². The van der Waals surface area contributed by atoms with Gasteiger partial charge in [0.15, 0.2) is 5.78 Å². The van der Waals surface area contributed by atoms with Crippen LogP contribution in [0, 0.1) is 19.3 Å². The van der Waals surface area contributed by atoms with Crippen molar-refractivity contribution in [1.29, 1.82) is 0 Å². The molecular formula is C21H25NO3. The lowest BCUT2D eigenvalue weighted by atomic mass is 9.75. The fourth-order valence-electron chi connectivity index (χ4n) is 3.79. The van der Waals surface area contributed by atoms with E-state index in [1.807, 2.05) is 19.1 Å². The third kappa shape index (κ3) is 3.13. The molecular weight excluding hydrogens is 314 g/mol. The van der Waals surface area contributed by atoms with Crippen LogP contribution in [0.15, 0.2) is 24.3 Å². The topological polar surface area (TPSA) is 48.3 Å². The lowest BCUT2D eigenvalue weighted by Crippen LogP contribution is -2.28. The molecule has 0 atom stereocenters. The van der Waals surface area contributed by atoms with Gasteiger partial charge in [0.25, 0.3) is 0 Å². The van der Waals surface area contributed by atoms with Gasteiger partial charge in [-0.25, -0.2) is 4.79 Å². The molecule has 4 heteroatoms. The molecule has 1 heterocycles. The summed E-state index contributed by atoms with van der Waals surface area (Å²) in [5.41, 5.74) is 5.95. The van der Waals surface area contributed by atoms with Gasteiger partial charge in [0.2, 0.25) is 0 Å². The Labute approximate surface area is 148 Å². The maximum absolute atomic E-state index is 12.6. The monoisotopic (exact) mass is 339 g/mol. The highest BCUT2D eigenvalue weighted by molar-refractivity contribution is 6.00. The minimum Gasteiger partial charge on any atom is -0.465 e. The Hall–Kier alpha value is -2.36. The van der Waals surface area contributed by atoms with Crippen molar-refractivity contribution in [2.24, 2.45) is 5.41 Å². The van der Waals surface area contributed by atoms with E-state index in [2.05, 4.69) is 25.3 Å². The summed E-state index contributed by atoms with van der Waals surface area (Å²) in [6, 6.07) is 7.47. The average molecular weight is 339 g/mol. The second kappa shape index (κ2) is 6.17. The smallest absolute Gasteiger partial charge is 0.337 e. The Morgan fingerprint density at radius 1 is 1.16 bits per heavy atom. The molecule has 1 aliphatic rings. The van der Waals surface area contributed by atoms with E-state index in [0.29, 0.717) is 18.5 Å². The molecule has 0 aliphatic heterocycles. The molecule has 1 aromatic carbocycles. The molecule has 0 radical (unpaired) electrons. The molecule has 0 unspecified atom stereocenters. The highest BCUT2D eigenvalue weighted by atomic mass is 16.5. The molecule has 132 valence electrons. The second-order valence-corrected chi connectivity index (χ2v) is 7.75. The first kappa shape index (κ1) is 17.5. The summed E-state index contributed by atoms with van der Waals surface area (Å²) < 4.78 is 7.00. The zero-order valence-electron chi connectivity index (χ0n) is 15.6. The fraction of sp³-hybridized carbons (Fsp3) is 0.429. The summed E-state index contributed by atoms with van der Waals surface area (Å²) in [7, 11) is 1.38. The number of Topliss-reactive ketones (excluding diaryl/α,β-unsaturated/α-hetero) is 1. The van der Waals surface area contributed by atoms with Crippen molar-refractivity contribution in [2.45, 2.75) is 47.1 Å². The van der Waals surface area contributed by atoms with Crippen molar-refractivity contribution in [3.05, 3.63) is 57.9 Å². The number of ether oxygens (including phenoxy) is 1. The number of carbonyl (C=O) groups excluding carboxylic acids is 2. The highest BCUT2D eigenvalue weighted by Gasteiger charge is 2.35. The Morgan fingerprint density at radius 3 is 2.40 bits per heavy atom. The van der Waals surface area contributed by atoms with Gasteiger partial charge >= 0.3 is 5.97 Å². The Kier molecular flexibility index (Phi) is 4.31. The number of hydrogen-bond donors (Lipinski definition) is 0. The molecule has 25 heavy (non-hydrogen) atoms. The van der Waals surface area contributed by atoms with E-state index in [0.717, 1.165) is 34.5 Å². The van der Waals surface area contributed by atoms with E-state index >= 15 is 0 Å². The molecule has 4 nitrogen and oxygen atoms in total. The van der Waals surface area contributed by atoms with Gasteiger partial charge in [0.05, 0.1) is 12.7 Å². The predicted octanol–water partition coefficient (Wildman–Crippen LogP) is 4.09. The van der Waals surface area contributed by atoms with Gasteiger partial charge < -0.3 is 9.30 Å². The number of methoxy groups -OCH3 is 1. The second-order valence-electron chi connectivity index (χ2n) is 7.75. The predicted molar refractivity (Wildman–Crippen MR) is 97.2 cm³/mol. The molecule has 0 fully saturated rings. The minimum absolute atomic E-state index is 0.00614. The number of ketones is 1. The van der Waals surface area contributed by atoms with Crippen LogP contribution in [-0.4, -0.2) is 23.4 Å². The van der Waals surface area contributed by atoms with Crippen molar-refractivity contribution in [1.82, 2.24) is 4.57 Å². The van der Waals surface area contributed by atoms with Gasteiger partial charge in [-0.1, -0.05) is 26.0 Å². The van der Waals surface area contributed by atoms with Crippen molar-refractivity contribution in [2.75, 3.05) is 7.11 Å². The van der Waals surface area contributed by atoms with Crippen LogP contribution < -0.4 is 0 Å². The summed E-state index contributed by atoms with van der Waals surface area (Å²) in [5.74, 6) is -0.0732.